The second-order valence-electron chi connectivity index (χ2n) is 4.33. The number of aromatic nitrogens is 1. The van der Waals surface area contributed by atoms with Crippen molar-refractivity contribution < 1.29 is 5.11 Å². The topological polar surface area (TPSA) is 33.1 Å². The van der Waals surface area contributed by atoms with E-state index in [-0.39, 0.29) is 0 Å². The Balaban J connectivity index is 1.95. The van der Waals surface area contributed by atoms with Crippen molar-refractivity contribution in [2.24, 2.45) is 0 Å². The third-order valence-electron chi connectivity index (χ3n) is 3.28. The number of aliphatic hydroxyl groups is 1. The summed E-state index contributed by atoms with van der Waals surface area (Å²) in [7, 11) is 0. The molecule has 0 saturated heterocycles. The molecule has 0 aliphatic heterocycles. The van der Waals surface area contributed by atoms with Gasteiger partial charge in [-0.05, 0) is 24.0 Å². The molecule has 2 aromatic rings. The van der Waals surface area contributed by atoms with Crippen LogP contribution >= 0.6 is 11.3 Å². The van der Waals surface area contributed by atoms with E-state index < -0.39 is 5.60 Å². The van der Waals surface area contributed by atoms with Crippen LogP contribution in [0.25, 0.3) is 0 Å². The van der Waals surface area contributed by atoms with Crippen LogP contribution in [0, 0.1) is 0 Å². The highest BCUT2D eigenvalue weighted by atomic mass is 32.1. The van der Waals surface area contributed by atoms with Crippen molar-refractivity contribution in [3.8, 4) is 0 Å². The predicted molar refractivity (Wildman–Crippen MR) is 64.5 cm³/mol. The summed E-state index contributed by atoms with van der Waals surface area (Å²) in [5, 5.41) is 10.7. The number of rotatable bonds is 2. The van der Waals surface area contributed by atoms with Gasteiger partial charge in [-0.2, -0.15) is 0 Å². The van der Waals surface area contributed by atoms with Crippen molar-refractivity contribution in [3.05, 3.63) is 52.0 Å². The molecule has 1 atom stereocenters. The van der Waals surface area contributed by atoms with Crippen LogP contribution < -0.4 is 0 Å². The number of aryl methyl sites for hydroxylation is 1. The Bertz CT molecular complexity index is 494. The smallest absolute Gasteiger partial charge is 0.0951 e. The second kappa shape index (κ2) is 3.68. The van der Waals surface area contributed by atoms with Crippen molar-refractivity contribution in [2.45, 2.75) is 24.9 Å². The Morgan fingerprint density at radius 2 is 2.25 bits per heavy atom. The average molecular weight is 231 g/mol. The molecule has 1 N–H and O–H groups in total. The van der Waals surface area contributed by atoms with Crippen molar-refractivity contribution >= 4 is 11.3 Å². The van der Waals surface area contributed by atoms with Crippen molar-refractivity contribution in [1.29, 1.82) is 0 Å². The van der Waals surface area contributed by atoms with Gasteiger partial charge in [0, 0.05) is 17.5 Å². The molecule has 0 saturated carbocycles. The van der Waals surface area contributed by atoms with Gasteiger partial charge in [0.25, 0.3) is 0 Å². The van der Waals surface area contributed by atoms with Gasteiger partial charge in [-0.1, -0.05) is 24.3 Å². The summed E-state index contributed by atoms with van der Waals surface area (Å²) in [5.41, 5.74) is 3.53. The highest BCUT2D eigenvalue weighted by Gasteiger charge is 2.36. The molecule has 1 aromatic carbocycles. The summed E-state index contributed by atoms with van der Waals surface area (Å²) in [6.45, 7) is 0. The van der Waals surface area contributed by atoms with E-state index in [1.54, 1.807) is 11.3 Å². The number of thiazole rings is 1. The molecule has 1 heterocycles. The summed E-state index contributed by atoms with van der Waals surface area (Å²) in [6, 6.07) is 8.20. The van der Waals surface area contributed by atoms with E-state index in [0.29, 0.717) is 6.42 Å². The zero-order valence-electron chi connectivity index (χ0n) is 8.89. The molecule has 2 nitrogen and oxygen atoms in total. The van der Waals surface area contributed by atoms with Crippen LogP contribution in [0.3, 0.4) is 0 Å². The Hall–Kier alpha value is -1.19. The number of hydrogen-bond donors (Lipinski definition) is 1. The van der Waals surface area contributed by atoms with Crippen LogP contribution in [-0.4, -0.2) is 10.1 Å². The van der Waals surface area contributed by atoms with Crippen LogP contribution in [0.2, 0.25) is 0 Å². The highest BCUT2D eigenvalue weighted by Crippen LogP contribution is 2.39. The molecule has 1 aromatic heterocycles. The molecule has 0 amide bonds. The SMILES string of the molecule is OC1(Cc2cncs2)CCc2ccccc21. The minimum absolute atomic E-state index is 0.677. The maximum absolute atomic E-state index is 10.7. The van der Waals surface area contributed by atoms with Gasteiger partial charge < -0.3 is 5.11 Å². The van der Waals surface area contributed by atoms with Crippen molar-refractivity contribution in [2.75, 3.05) is 0 Å². The van der Waals surface area contributed by atoms with E-state index in [1.807, 2.05) is 29.9 Å². The van der Waals surface area contributed by atoms with Crippen LogP contribution in [0.4, 0.5) is 0 Å². The second-order valence-corrected chi connectivity index (χ2v) is 5.30. The molecule has 1 unspecified atom stereocenters. The van der Waals surface area contributed by atoms with E-state index in [9.17, 15) is 5.11 Å². The first-order chi connectivity index (χ1) is 7.78. The van der Waals surface area contributed by atoms with Crippen molar-refractivity contribution in [3.63, 3.8) is 0 Å². The zero-order chi connectivity index (χ0) is 11.0. The third kappa shape index (κ3) is 1.56. The molecule has 0 spiro atoms. The molecule has 3 heteroatoms. The lowest BCUT2D eigenvalue weighted by Gasteiger charge is -2.23. The van der Waals surface area contributed by atoms with Crippen LogP contribution in [-0.2, 0) is 18.4 Å². The lowest BCUT2D eigenvalue weighted by Crippen LogP contribution is -2.24. The number of nitrogens with zero attached hydrogens (tertiary/aromatic N) is 1. The normalized spacial score (nSPS) is 23.3. The maximum Gasteiger partial charge on any atom is 0.0951 e. The first kappa shape index (κ1) is 10.00. The minimum atomic E-state index is -0.677. The van der Waals surface area contributed by atoms with Gasteiger partial charge in [-0.25, -0.2) is 0 Å². The summed E-state index contributed by atoms with van der Waals surface area (Å²) in [6.07, 6.45) is 4.34. The summed E-state index contributed by atoms with van der Waals surface area (Å²) in [4.78, 5) is 5.21. The fourth-order valence-corrected chi connectivity index (χ4v) is 3.17. The molecule has 82 valence electrons. The zero-order valence-corrected chi connectivity index (χ0v) is 9.70. The number of fused-ring (bicyclic) bond motifs is 1. The molecule has 0 bridgehead atoms. The van der Waals surface area contributed by atoms with Gasteiger partial charge in [-0.3, -0.25) is 4.98 Å². The summed E-state index contributed by atoms with van der Waals surface area (Å²) in [5.74, 6) is 0. The van der Waals surface area contributed by atoms with Gasteiger partial charge in [0.05, 0.1) is 11.1 Å². The Morgan fingerprint density at radius 3 is 3.06 bits per heavy atom. The largest absolute Gasteiger partial charge is 0.385 e. The van der Waals surface area contributed by atoms with E-state index in [2.05, 4.69) is 11.1 Å². The summed E-state index contributed by atoms with van der Waals surface area (Å²) < 4.78 is 0. The predicted octanol–water partition coefficient (Wildman–Crippen LogP) is 2.52. The average Bonchev–Trinajstić information content (AvgIpc) is 2.89. The molecular weight excluding hydrogens is 218 g/mol. The van der Waals surface area contributed by atoms with Crippen LogP contribution in [0.15, 0.2) is 36.0 Å². The standard InChI is InChI=1S/C13H13NOS/c15-13(7-11-8-14-9-16-11)6-5-10-3-1-2-4-12(10)13/h1-4,8-9,15H,5-7H2. The first-order valence-corrected chi connectivity index (χ1v) is 6.34. The van der Waals surface area contributed by atoms with E-state index in [4.69, 9.17) is 0 Å². The molecule has 3 rings (SSSR count). The molecule has 0 fully saturated rings. The van der Waals surface area contributed by atoms with Crippen LogP contribution in [0.5, 0.6) is 0 Å². The lowest BCUT2D eigenvalue weighted by atomic mass is 9.92. The molecule has 1 aliphatic rings. The van der Waals surface area contributed by atoms with Crippen molar-refractivity contribution in [1.82, 2.24) is 4.98 Å². The van der Waals surface area contributed by atoms with Gasteiger partial charge in [0.15, 0.2) is 0 Å². The molecule has 0 radical (unpaired) electrons. The minimum Gasteiger partial charge on any atom is -0.385 e. The van der Waals surface area contributed by atoms with E-state index in [0.717, 1.165) is 23.3 Å². The Labute approximate surface area is 98.6 Å². The third-order valence-corrected chi connectivity index (χ3v) is 4.06. The highest BCUT2D eigenvalue weighted by molar-refractivity contribution is 7.09. The maximum atomic E-state index is 10.7. The Kier molecular flexibility index (Phi) is 2.30. The Morgan fingerprint density at radius 1 is 1.38 bits per heavy atom. The van der Waals surface area contributed by atoms with Gasteiger partial charge in [0.2, 0.25) is 0 Å². The number of hydrogen-bond acceptors (Lipinski definition) is 3. The fourth-order valence-electron chi connectivity index (χ4n) is 2.47. The number of benzene rings is 1. The van der Waals surface area contributed by atoms with E-state index >= 15 is 0 Å². The first-order valence-electron chi connectivity index (χ1n) is 5.46. The lowest BCUT2D eigenvalue weighted by molar-refractivity contribution is 0.0397. The van der Waals surface area contributed by atoms with Gasteiger partial charge in [0.1, 0.15) is 0 Å². The van der Waals surface area contributed by atoms with Gasteiger partial charge >= 0.3 is 0 Å². The quantitative estimate of drug-likeness (QED) is 0.861. The monoisotopic (exact) mass is 231 g/mol. The molecule has 1 aliphatic carbocycles. The molecular formula is C13H13NOS. The summed E-state index contributed by atoms with van der Waals surface area (Å²) >= 11 is 1.61. The van der Waals surface area contributed by atoms with Gasteiger partial charge in [-0.15, -0.1) is 11.3 Å². The fraction of sp³-hybridized carbons (Fsp3) is 0.308. The van der Waals surface area contributed by atoms with Crippen LogP contribution in [0.1, 0.15) is 22.4 Å². The molecule has 16 heavy (non-hydrogen) atoms. The van der Waals surface area contributed by atoms with E-state index in [1.165, 1.54) is 5.56 Å².